The van der Waals surface area contributed by atoms with Crippen LogP contribution in [0.3, 0.4) is 0 Å². The molecule has 57 heavy (non-hydrogen) atoms. The van der Waals surface area contributed by atoms with Crippen LogP contribution in [0.2, 0.25) is 23.7 Å². The molecule has 308 valence electrons. The summed E-state index contributed by atoms with van der Waals surface area (Å²) in [5, 5.41) is 0. The minimum Gasteiger partial charge on any atom is -0.0808 e. The number of rotatable bonds is 10. The number of allylic oxidation sites excluding steroid dienone is 8. The van der Waals surface area contributed by atoms with E-state index in [-0.39, 0.29) is 10.8 Å². The van der Waals surface area contributed by atoms with Crippen LogP contribution in [0.1, 0.15) is 167 Å². The van der Waals surface area contributed by atoms with Crippen molar-refractivity contribution in [2.45, 2.75) is 179 Å². The van der Waals surface area contributed by atoms with Gasteiger partial charge in [0.2, 0.25) is 0 Å². The van der Waals surface area contributed by atoms with Crippen LogP contribution in [-0.4, -0.2) is 8.07 Å². The topological polar surface area (TPSA) is 0 Å². The lowest BCUT2D eigenvalue weighted by molar-refractivity contribution is 0.274. The standard InChI is InChI=1S/C56H80Si/c1-9-34-57(8,53-43(35-39-18-12-10-13-19-39)37-51-47(22-16-24-49(51)53)41-26-30-45(31-27-41)55(2,3)4)54-44(36-40-20-14-11-15-21-40)38-52-48(23-17-25-50(52)54)42-28-32-46(33-29-42)56(5,6)7/h16-17,22-33,39-40,43-44,49-54H,9-15,18-21,34-38H2,1-8H3/t43-,44-,49+,50+,51-,52-,53?,54?,57?/m0/s1. The molecule has 0 radical (unpaired) electrons. The van der Waals surface area contributed by atoms with E-state index in [4.69, 9.17) is 0 Å². The van der Waals surface area contributed by atoms with E-state index < -0.39 is 8.07 Å². The van der Waals surface area contributed by atoms with Crippen molar-refractivity contribution in [1.82, 2.24) is 0 Å². The lowest BCUT2D eigenvalue weighted by Gasteiger charge is -2.50. The summed E-state index contributed by atoms with van der Waals surface area (Å²) in [6.45, 7) is 19.7. The molecule has 6 aliphatic carbocycles. The predicted molar refractivity (Wildman–Crippen MR) is 251 cm³/mol. The van der Waals surface area contributed by atoms with Crippen molar-refractivity contribution in [2.24, 2.45) is 47.3 Å². The van der Waals surface area contributed by atoms with E-state index in [2.05, 4.69) is 140 Å². The fraction of sp³-hybridized carbons (Fsp3) is 0.643. The fourth-order valence-corrected chi connectivity index (χ4v) is 21.9. The van der Waals surface area contributed by atoms with E-state index in [1.165, 1.54) is 125 Å². The average molecular weight is 781 g/mol. The number of benzene rings is 2. The fourth-order valence-electron chi connectivity index (χ4n) is 14.6. The van der Waals surface area contributed by atoms with Crippen molar-refractivity contribution in [3.63, 3.8) is 0 Å². The van der Waals surface area contributed by atoms with Crippen molar-refractivity contribution in [3.05, 3.63) is 107 Å². The van der Waals surface area contributed by atoms with Crippen molar-refractivity contribution in [3.8, 4) is 0 Å². The summed E-state index contributed by atoms with van der Waals surface area (Å²) in [6, 6.07) is 21.2. The largest absolute Gasteiger partial charge is 0.0808 e. The molecule has 4 fully saturated rings. The Morgan fingerprint density at radius 3 is 1.28 bits per heavy atom. The molecule has 0 aromatic heterocycles. The molecule has 0 nitrogen and oxygen atoms in total. The van der Waals surface area contributed by atoms with Crippen LogP contribution >= 0.6 is 0 Å². The molecule has 1 heteroatoms. The van der Waals surface area contributed by atoms with E-state index in [9.17, 15) is 0 Å². The first-order valence-corrected chi connectivity index (χ1v) is 27.2. The van der Waals surface area contributed by atoms with Crippen molar-refractivity contribution in [2.75, 3.05) is 0 Å². The molecule has 8 rings (SSSR count). The maximum Gasteiger partial charge on any atom is 0.0584 e. The molecule has 2 aromatic carbocycles. The highest BCUT2D eigenvalue weighted by Gasteiger charge is 2.61. The monoisotopic (exact) mass is 781 g/mol. The first-order valence-electron chi connectivity index (χ1n) is 24.3. The quantitative estimate of drug-likeness (QED) is 0.211. The minimum atomic E-state index is -1.88. The summed E-state index contributed by atoms with van der Waals surface area (Å²) in [6.07, 6.45) is 37.7. The molecule has 0 spiro atoms. The Morgan fingerprint density at radius 2 is 0.930 bits per heavy atom. The van der Waals surface area contributed by atoms with Gasteiger partial charge in [-0.05, 0) is 128 Å². The van der Waals surface area contributed by atoms with E-state index in [1.807, 2.05) is 0 Å². The average Bonchev–Trinajstić information content (AvgIpc) is 3.77. The Labute approximate surface area is 351 Å². The SMILES string of the molecule is CCC[Si](C)(C1[C@@H](CC2CCCCC2)C[C@H]2C(c3ccc(C(C)(C)C)cc3)=CC=C[C@@H]12)C1[C@@H](CC2CCCCC2)C[C@H]2C(c3ccc(C(C)(C)C)cc3)=CC=C[C@@H]12. The molecule has 2 aromatic rings. The third-order valence-electron chi connectivity index (χ3n) is 17.1. The van der Waals surface area contributed by atoms with Gasteiger partial charge in [0.15, 0.2) is 0 Å². The zero-order valence-corrected chi connectivity index (χ0v) is 38.7. The van der Waals surface area contributed by atoms with Gasteiger partial charge in [0.1, 0.15) is 0 Å². The van der Waals surface area contributed by atoms with Gasteiger partial charge in [0, 0.05) is 0 Å². The van der Waals surface area contributed by atoms with Crippen LogP contribution in [0.15, 0.2) is 85.0 Å². The van der Waals surface area contributed by atoms with Gasteiger partial charge in [-0.3, -0.25) is 0 Å². The second kappa shape index (κ2) is 16.9. The van der Waals surface area contributed by atoms with Crippen molar-refractivity contribution < 1.29 is 0 Å². The zero-order valence-electron chi connectivity index (χ0n) is 37.7. The van der Waals surface area contributed by atoms with Gasteiger partial charge in [-0.1, -0.05) is 217 Å². The van der Waals surface area contributed by atoms with Crippen molar-refractivity contribution >= 4 is 19.2 Å². The molecule has 0 aliphatic heterocycles. The number of fused-ring (bicyclic) bond motifs is 2. The van der Waals surface area contributed by atoms with Crippen LogP contribution < -0.4 is 0 Å². The van der Waals surface area contributed by atoms with Gasteiger partial charge in [0.25, 0.3) is 0 Å². The predicted octanol–water partition coefficient (Wildman–Crippen LogP) is 16.6. The number of hydrogen-bond donors (Lipinski definition) is 0. The molecule has 8 atom stereocenters. The molecule has 0 saturated heterocycles. The Balaban J connectivity index is 1.18. The second-order valence-electron chi connectivity index (χ2n) is 22.8. The Kier molecular flexibility index (Phi) is 12.3. The van der Waals surface area contributed by atoms with Gasteiger partial charge in [-0.25, -0.2) is 0 Å². The molecule has 0 N–H and O–H groups in total. The van der Waals surface area contributed by atoms with Gasteiger partial charge >= 0.3 is 0 Å². The molecular weight excluding hydrogens is 701 g/mol. The summed E-state index contributed by atoms with van der Waals surface area (Å²) >= 11 is 0. The Hall–Kier alpha value is -2.38. The molecule has 6 aliphatic rings. The molecule has 0 heterocycles. The third-order valence-corrected chi connectivity index (χ3v) is 23.4. The van der Waals surface area contributed by atoms with Crippen LogP contribution in [0.5, 0.6) is 0 Å². The summed E-state index contributed by atoms with van der Waals surface area (Å²) in [7, 11) is -1.88. The summed E-state index contributed by atoms with van der Waals surface area (Å²) < 4.78 is 0. The van der Waals surface area contributed by atoms with Crippen LogP contribution in [0.4, 0.5) is 0 Å². The summed E-state index contributed by atoms with van der Waals surface area (Å²) in [5.41, 5.74) is 11.4. The first-order chi connectivity index (χ1) is 27.3. The molecule has 2 unspecified atom stereocenters. The molecule has 0 amide bonds. The van der Waals surface area contributed by atoms with Crippen LogP contribution in [0, 0.1) is 47.3 Å². The van der Waals surface area contributed by atoms with Gasteiger partial charge in [-0.2, -0.15) is 0 Å². The maximum atomic E-state index is 3.03. The second-order valence-corrected chi connectivity index (χ2v) is 27.7. The minimum absolute atomic E-state index is 0.185. The summed E-state index contributed by atoms with van der Waals surface area (Å²) in [5.74, 6) is 6.38. The van der Waals surface area contributed by atoms with Crippen LogP contribution in [-0.2, 0) is 10.8 Å². The smallest absolute Gasteiger partial charge is 0.0584 e. The van der Waals surface area contributed by atoms with E-state index >= 15 is 0 Å². The summed E-state index contributed by atoms with van der Waals surface area (Å²) in [4.78, 5) is 0. The van der Waals surface area contributed by atoms with E-state index in [1.54, 1.807) is 11.1 Å². The molecule has 4 saturated carbocycles. The van der Waals surface area contributed by atoms with Gasteiger partial charge < -0.3 is 0 Å². The zero-order chi connectivity index (χ0) is 40.0. The van der Waals surface area contributed by atoms with Gasteiger partial charge in [0.05, 0.1) is 8.07 Å². The number of hydrogen-bond acceptors (Lipinski definition) is 0. The van der Waals surface area contributed by atoms with Crippen LogP contribution in [0.25, 0.3) is 11.1 Å². The lowest BCUT2D eigenvalue weighted by Crippen LogP contribution is -2.49. The van der Waals surface area contributed by atoms with E-state index in [0.29, 0.717) is 23.7 Å². The highest BCUT2D eigenvalue weighted by Crippen LogP contribution is 2.68. The first kappa shape index (κ1) is 41.4. The van der Waals surface area contributed by atoms with Crippen molar-refractivity contribution in [1.29, 1.82) is 0 Å². The third kappa shape index (κ3) is 8.50. The highest BCUT2D eigenvalue weighted by molar-refractivity contribution is 6.82. The van der Waals surface area contributed by atoms with Gasteiger partial charge in [-0.15, -0.1) is 0 Å². The lowest BCUT2D eigenvalue weighted by atomic mass is 9.79. The molecule has 0 bridgehead atoms. The normalized spacial score (nSPS) is 32.1. The molecular formula is C56H80Si. The Morgan fingerprint density at radius 1 is 0.544 bits per heavy atom. The maximum absolute atomic E-state index is 3.03. The highest BCUT2D eigenvalue weighted by atomic mass is 28.3. The van der Waals surface area contributed by atoms with E-state index in [0.717, 1.165) is 34.8 Å². The Bertz CT molecular complexity index is 1650.